The van der Waals surface area contributed by atoms with E-state index >= 15 is 0 Å². The van der Waals surface area contributed by atoms with Crippen molar-refractivity contribution in [2.45, 2.75) is 6.92 Å². The second-order valence-corrected chi connectivity index (χ2v) is 7.92. The van der Waals surface area contributed by atoms with E-state index in [0.29, 0.717) is 46.0 Å². The Morgan fingerprint density at radius 1 is 0.844 bits per heavy atom. The molecule has 4 N–H and O–H groups in total. The highest BCUT2D eigenvalue weighted by Crippen LogP contribution is 2.27. The lowest BCUT2D eigenvalue weighted by Crippen LogP contribution is -2.35. The molecule has 10 nitrogen and oxygen atoms in total. The molecule has 4 rings (SSSR count). The van der Waals surface area contributed by atoms with Crippen LogP contribution in [-0.4, -0.2) is 54.7 Å². The highest BCUT2D eigenvalue weighted by molar-refractivity contribution is 6.00. The van der Waals surface area contributed by atoms with Crippen LogP contribution in [0.15, 0.2) is 36.7 Å². The third-order valence-corrected chi connectivity index (χ3v) is 5.44. The van der Waals surface area contributed by atoms with Gasteiger partial charge in [-0.25, -0.2) is 0 Å². The molecule has 0 bridgehead atoms. The summed E-state index contributed by atoms with van der Waals surface area (Å²) in [6.07, 6.45) is 3.09. The number of nitrogens with one attached hydrogen (secondary N) is 2. The van der Waals surface area contributed by atoms with Crippen molar-refractivity contribution in [2.75, 3.05) is 13.1 Å². The van der Waals surface area contributed by atoms with Gasteiger partial charge >= 0.3 is 0 Å². The number of carbonyl (C=O) groups excluding carboxylic acids is 2. The van der Waals surface area contributed by atoms with Crippen LogP contribution in [-0.2, 0) is 14.1 Å². The molecule has 0 radical (unpaired) electrons. The molecule has 2 aromatic carbocycles. The van der Waals surface area contributed by atoms with Crippen molar-refractivity contribution < 1.29 is 19.8 Å². The fourth-order valence-corrected chi connectivity index (χ4v) is 3.53. The minimum absolute atomic E-state index is 0.00490. The van der Waals surface area contributed by atoms with Crippen molar-refractivity contribution in [1.82, 2.24) is 30.2 Å². The maximum absolute atomic E-state index is 12.5. The van der Waals surface area contributed by atoms with Gasteiger partial charge in [0.1, 0.15) is 11.5 Å². The van der Waals surface area contributed by atoms with E-state index in [4.69, 9.17) is 0 Å². The van der Waals surface area contributed by atoms with E-state index in [-0.39, 0.29) is 29.2 Å². The van der Waals surface area contributed by atoms with Gasteiger partial charge in [-0.2, -0.15) is 10.2 Å². The minimum Gasteiger partial charge on any atom is -0.507 e. The van der Waals surface area contributed by atoms with E-state index in [1.807, 2.05) is 6.92 Å². The number of aryl methyl sites for hydroxylation is 2. The summed E-state index contributed by atoms with van der Waals surface area (Å²) in [6, 6.07) is 6.16. The van der Waals surface area contributed by atoms with Crippen molar-refractivity contribution in [3.63, 3.8) is 0 Å². The van der Waals surface area contributed by atoms with Crippen molar-refractivity contribution in [3.8, 4) is 11.5 Å². The number of amides is 2. The van der Waals surface area contributed by atoms with Crippen LogP contribution in [0.25, 0.3) is 21.8 Å². The number of hydrogen-bond acceptors (Lipinski definition) is 6. The SMILES string of the molecule is CC(CNC(=O)c1cc(O)c2cnn(C)c2c1)CNC(=O)c1cc(O)c2cnn(C)c2c1. The number of hydrogen-bond donors (Lipinski definition) is 4. The second kappa shape index (κ2) is 8.22. The number of benzene rings is 2. The molecule has 0 aliphatic rings. The monoisotopic (exact) mass is 436 g/mol. The quantitative estimate of drug-likeness (QED) is 0.363. The zero-order valence-electron chi connectivity index (χ0n) is 18.0. The summed E-state index contributed by atoms with van der Waals surface area (Å²) < 4.78 is 3.18. The van der Waals surface area contributed by atoms with Crippen molar-refractivity contribution >= 4 is 33.6 Å². The first kappa shape index (κ1) is 21.2. The fourth-order valence-electron chi connectivity index (χ4n) is 3.53. The van der Waals surface area contributed by atoms with Gasteiger partial charge in [-0.05, 0) is 30.2 Å². The molecule has 10 heteroatoms. The van der Waals surface area contributed by atoms with Crippen LogP contribution in [0.4, 0.5) is 0 Å². The lowest BCUT2D eigenvalue weighted by molar-refractivity contribution is 0.0941. The van der Waals surface area contributed by atoms with Crippen molar-refractivity contribution in [1.29, 1.82) is 0 Å². The molecule has 0 saturated carbocycles. The Morgan fingerprint density at radius 3 is 1.66 bits per heavy atom. The molecule has 0 aliphatic heterocycles. The smallest absolute Gasteiger partial charge is 0.251 e. The van der Waals surface area contributed by atoms with Gasteiger partial charge in [-0.3, -0.25) is 19.0 Å². The van der Waals surface area contributed by atoms with Crippen molar-refractivity contribution in [3.05, 3.63) is 47.8 Å². The molecule has 0 spiro atoms. The predicted octanol–water partition coefficient (Wildman–Crippen LogP) is 1.67. The van der Waals surface area contributed by atoms with Crippen molar-refractivity contribution in [2.24, 2.45) is 20.0 Å². The molecule has 0 aliphatic carbocycles. The number of aromatic nitrogens is 4. The van der Waals surface area contributed by atoms with Gasteiger partial charge in [0, 0.05) is 38.3 Å². The van der Waals surface area contributed by atoms with Gasteiger partial charge in [-0.1, -0.05) is 6.92 Å². The lowest BCUT2D eigenvalue weighted by Gasteiger charge is -2.14. The Hall–Kier alpha value is -4.08. The zero-order chi connectivity index (χ0) is 23.0. The first-order chi connectivity index (χ1) is 15.2. The molecule has 4 aromatic rings. The maximum atomic E-state index is 12.5. The number of phenols is 2. The molecule has 0 atom stereocenters. The standard InChI is InChI=1S/C22H24N6O4/c1-12(8-23-21(31)13-4-17-15(19(29)6-13)10-25-27(17)2)9-24-22(32)14-5-18-16(20(30)7-14)11-26-28(18)3/h4-7,10-12,29-30H,8-9H2,1-3H3,(H,23,31)(H,24,32). The largest absolute Gasteiger partial charge is 0.507 e. The van der Waals surface area contributed by atoms with E-state index in [9.17, 15) is 19.8 Å². The third kappa shape index (κ3) is 3.94. The fraction of sp³-hybridized carbons (Fsp3) is 0.273. The summed E-state index contributed by atoms with van der Waals surface area (Å²) in [7, 11) is 3.47. The molecule has 2 heterocycles. The van der Waals surface area contributed by atoms with Gasteiger partial charge in [0.05, 0.1) is 34.2 Å². The molecule has 0 saturated heterocycles. The lowest BCUT2D eigenvalue weighted by atomic mass is 10.1. The molecule has 0 unspecified atom stereocenters. The van der Waals surface area contributed by atoms with Crippen LogP contribution < -0.4 is 10.6 Å². The summed E-state index contributed by atoms with van der Waals surface area (Å²) in [5.41, 5.74) is 1.97. The Labute approximate surface area is 183 Å². The molecular weight excluding hydrogens is 412 g/mol. The minimum atomic E-state index is -0.326. The third-order valence-electron chi connectivity index (χ3n) is 5.44. The van der Waals surface area contributed by atoms with E-state index in [1.165, 1.54) is 12.1 Å². The summed E-state index contributed by atoms with van der Waals surface area (Å²) in [4.78, 5) is 25.1. The molecule has 166 valence electrons. The first-order valence-electron chi connectivity index (χ1n) is 10.1. The van der Waals surface area contributed by atoms with Crippen LogP contribution in [0.3, 0.4) is 0 Å². The average molecular weight is 436 g/mol. The van der Waals surface area contributed by atoms with Gasteiger partial charge in [0.15, 0.2) is 0 Å². The molecular formula is C22H24N6O4. The van der Waals surface area contributed by atoms with E-state index in [1.54, 1.807) is 48.0 Å². The topological polar surface area (TPSA) is 134 Å². The Bertz CT molecular complexity index is 1240. The number of nitrogens with zero attached hydrogens (tertiary/aromatic N) is 4. The molecule has 32 heavy (non-hydrogen) atoms. The molecule has 2 aromatic heterocycles. The van der Waals surface area contributed by atoms with Crippen LogP contribution >= 0.6 is 0 Å². The van der Waals surface area contributed by atoms with Crippen LogP contribution in [0, 0.1) is 5.92 Å². The first-order valence-corrected chi connectivity index (χ1v) is 10.1. The number of fused-ring (bicyclic) bond motifs is 2. The Kier molecular flexibility index (Phi) is 5.43. The second-order valence-electron chi connectivity index (χ2n) is 7.92. The number of phenolic OH excluding ortho intramolecular Hbond substituents is 2. The maximum Gasteiger partial charge on any atom is 0.251 e. The number of aromatic hydroxyl groups is 2. The highest BCUT2D eigenvalue weighted by Gasteiger charge is 2.15. The highest BCUT2D eigenvalue weighted by atomic mass is 16.3. The van der Waals surface area contributed by atoms with Crippen LogP contribution in [0.5, 0.6) is 11.5 Å². The van der Waals surface area contributed by atoms with Gasteiger partial charge in [-0.15, -0.1) is 0 Å². The summed E-state index contributed by atoms with van der Waals surface area (Å²) in [6.45, 7) is 2.55. The summed E-state index contributed by atoms with van der Waals surface area (Å²) >= 11 is 0. The van der Waals surface area contributed by atoms with E-state index < -0.39 is 0 Å². The van der Waals surface area contributed by atoms with E-state index in [2.05, 4.69) is 20.8 Å². The average Bonchev–Trinajstić information content (AvgIpc) is 3.33. The Morgan fingerprint density at radius 2 is 1.25 bits per heavy atom. The van der Waals surface area contributed by atoms with Gasteiger partial charge < -0.3 is 20.8 Å². The predicted molar refractivity (Wildman–Crippen MR) is 119 cm³/mol. The zero-order valence-corrected chi connectivity index (χ0v) is 18.0. The van der Waals surface area contributed by atoms with E-state index in [0.717, 1.165) is 0 Å². The summed E-state index contributed by atoms with van der Waals surface area (Å²) in [5.74, 6) is -0.711. The normalized spacial score (nSPS) is 11.4. The van der Waals surface area contributed by atoms with Crippen LogP contribution in [0.2, 0.25) is 0 Å². The molecule has 0 fully saturated rings. The summed E-state index contributed by atoms with van der Waals surface area (Å²) in [5, 5.41) is 35.2. The van der Waals surface area contributed by atoms with Gasteiger partial charge in [0.25, 0.3) is 11.8 Å². The Balaban J connectivity index is 1.35. The van der Waals surface area contributed by atoms with Gasteiger partial charge in [0.2, 0.25) is 0 Å². The number of carbonyl (C=O) groups is 2. The number of rotatable bonds is 6. The molecule has 2 amide bonds. The van der Waals surface area contributed by atoms with Crippen LogP contribution in [0.1, 0.15) is 27.6 Å².